The number of carbonyl (C=O) groups excluding carboxylic acids is 3. The fraction of sp³-hybridized carbons (Fsp3) is 0.357. The van der Waals surface area contributed by atoms with Crippen LogP contribution in [0.5, 0.6) is 0 Å². The lowest BCUT2D eigenvalue weighted by atomic mass is 9.87. The third-order valence-corrected chi connectivity index (χ3v) is 3.88. The molecule has 0 unspecified atom stereocenters. The summed E-state index contributed by atoms with van der Waals surface area (Å²) >= 11 is 5.85. The zero-order valence-corrected chi connectivity index (χ0v) is 12.3. The van der Waals surface area contributed by atoms with Gasteiger partial charge in [-0.1, -0.05) is 30.7 Å². The highest BCUT2D eigenvalue weighted by atomic mass is 35.5. The van der Waals surface area contributed by atoms with Gasteiger partial charge in [0.1, 0.15) is 5.54 Å². The average molecular weight is 310 g/mol. The van der Waals surface area contributed by atoms with Crippen molar-refractivity contribution in [3.8, 4) is 0 Å². The molecule has 1 fully saturated rings. The SMILES string of the molecule is CC[C@@]1(c2ccc(Cl)cc2)NC(=O)N(CCC(N)=O)C1=O. The molecule has 1 aromatic carbocycles. The van der Waals surface area contributed by atoms with E-state index < -0.39 is 17.5 Å². The Kier molecular flexibility index (Phi) is 4.18. The standard InChI is InChI=1S/C14H16ClN3O3/c1-2-14(9-3-5-10(15)6-4-9)12(20)18(13(21)17-14)8-7-11(16)19/h3-6H,2,7-8H2,1H3,(H2,16,19)(H,17,21)/t14-/m0/s1. The minimum atomic E-state index is -1.11. The maximum Gasteiger partial charge on any atom is 0.325 e. The number of rotatable bonds is 5. The number of benzene rings is 1. The molecule has 6 nitrogen and oxygen atoms in total. The van der Waals surface area contributed by atoms with Crippen molar-refractivity contribution in [1.29, 1.82) is 0 Å². The van der Waals surface area contributed by atoms with Gasteiger partial charge < -0.3 is 11.1 Å². The van der Waals surface area contributed by atoms with Crippen molar-refractivity contribution >= 4 is 29.4 Å². The summed E-state index contributed by atoms with van der Waals surface area (Å²) in [5, 5.41) is 3.27. The first-order chi connectivity index (χ1) is 9.90. The van der Waals surface area contributed by atoms with Crippen LogP contribution >= 0.6 is 11.6 Å². The van der Waals surface area contributed by atoms with Crippen LogP contribution in [0.4, 0.5) is 4.79 Å². The smallest absolute Gasteiger partial charge is 0.325 e. The van der Waals surface area contributed by atoms with Crippen molar-refractivity contribution in [3.63, 3.8) is 0 Å². The van der Waals surface area contributed by atoms with E-state index in [1.807, 2.05) is 6.92 Å². The quantitative estimate of drug-likeness (QED) is 0.805. The van der Waals surface area contributed by atoms with Gasteiger partial charge in [0, 0.05) is 18.0 Å². The van der Waals surface area contributed by atoms with Gasteiger partial charge in [0.15, 0.2) is 0 Å². The molecule has 7 heteroatoms. The van der Waals surface area contributed by atoms with E-state index >= 15 is 0 Å². The summed E-state index contributed by atoms with van der Waals surface area (Å²) in [4.78, 5) is 36.5. The Balaban J connectivity index is 2.32. The summed E-state index contributed by atoms with van der Waals surface area (Å²) in [7, 11) is 0. The Morgan fingerprint density at radius 2 is 1.95 bits per heavy atom. The molecule has 3 N–H and O–H groups in total. The molecular formula is C14H16ClN3O3. The zero-order chi connectivity index (χ0) is 15.6. The van der Waals surface area contributed by atoms with Crippen LogP contribution in [0.2, 0.25) is 5.02 Å². The highest BCUT2D eigenvalue weighted by molar-refractivity contribution is 6.30. The van der Waals surface area contributed by atoms with Crippen molar-refractivity contribution in [1.82, 2.24) is 10.2 Å². The van der Waals surface area contributed by atoms with Gasteiger partial charge in [-0.15, -0.1) is 0 Å². The van der Waals surface area contributed by atoms with Crippen LogP contribution in [0.25, 0.3) is 0 Å². The fourth-order valence-electron chi connectivity index (χ4n) is 2.42. The van der Waals surface area contributed by atoms with Gasteiger partial charge in [-0.05, 0) is 24.1 Å². The van der Waals surface area contributed by atoms with E-state index in [0.717, 1.165) is 4.90 Å². The molecule has 1 aliphatic rings. The van der Waals surface area contributed by atoms with Gasteiger partial charge in [0.05, 0.1) is 0 Å². The molecule has 1 aliphatic heterocycles. The molecule has 2 rings (SSSR count). The zero-order valence-electron chi connectivity index (χ0n) is 11.6. The van der Waals surface area contributed by atoms with Crippen molar-refractivity contribution in [2.45, 2.75) is 25.3 Å². The molecule has 1 atom stereocenters. The molecule has 0 aliphatic carbocycles. The minimum Gasteiger partial charge on any atom is -0.370 e. The first-order valence-electron chi connectivity index (χ1n) is 6.59. The van der Waals surface area contributed by atoms with E-state index in [0.29, 0.717) is 17.0 Å². The van der Waals surface area contributed by atoms with E-state index in [2.05, 4.69) is 5.32 Å². The number of nitrogens with one attached hydrogen (secondary N) is 1. The van der Waals surface area contributed by atoms with Crippen LogP contribution in [0.15, 0.2) is 24.3 Å². The summed E-state index contributed by atoms with van der Waals surface area (Å²) in [6.45, 7) is 1.79. The number of nitrogens with zero attached hydrogens (tertiary/aromatic N) is 1. The second-order valence-corrected chi connectivity index (χ2v) is 5.31. The van der Waals surface area contributed by atoms with Gasteiger partial charge >= 0.3 is 6.03 Å². The number of halogens is 1. The van der Waals surface area contributed by atoms with Crippen LogP contribution in [-0.2, 0) is 15.1 Å². The van der Waals surface area contributed by atoms with Crippen molar-refractivity contribution in [2.75, 3.05) is 6.54 Å². The molecule has 0 saturated carbocycles. The first-order valence-corrected chi connectivity index (χ1v) is 6.97. The van der Waals surface area contributed by atoms with Gasteiger partial charge in [0.25, 0.3) is 5.91 Å². The maximum atomic E-state index is 12.6. The number of amides is 4. The second-order valence-electron chi connectivity index (χ2n) is 4.87. The number of urea groups is 1. The summed E-state index contributed by atoms with van der Waals surface area (Å²) in [5.74, 6) is -0.935. The second kappa shape index (κ2) is 5.73. The van der Waals surface area contributed by atoms with Gasteiger partial charge in [0.2, 0.25) is 5.91 Å². The molecule has 1 heterocycles. The number of primary amides is 1. The Labute approximate surface area is 127 Å². The minimum absolute atomic E-state index is 0.0185. The Morgan fingerprint density at radius 3 is 2.48 bits per heavy atom. The Morgan fingerprint density at radius 1 is 1.33 bits per heavy atom. The molecule has 4 amide bonds. The van der Waals surface area contributed by atoms with E-state index in [1.54, 1.807) is 24.3 Å². The number of nitrogens with two attached hydrogens (primary N) is 1. The molecule has 1 aromatic rings. The number of imide groups is 1. The largest absolute Gasteiger partial charge is 0.370 e. The van der Waals surface area contributed by atoms with Gasteiger partial charge in [-0.2, -0.15) is 0 Å². The van der Waals surface area contributed by atoms with Crippen LogP contribution in [0.1, 0.15) is 25.3 Å². The average Bonchev–Trinajstić information content (AvgIpc) is 2.69. The topological polar surface area (TPSA) is 92.5 Å². The number of carbonyl (C=O) groups is 3. The van der Waals surface area contributed by atoms with Gasteiger partial charge in [-0.3, -0.25) is 14.5 Å². The van der Waals surface area contributed by atoms with E-state index in [4.69, 9.17) is 17.3 Å². The molecule has 112 valence electrons. The van der Waals surface area contributed by atoms with Crippen LogP contribution in [-0.4, -0.2) is 29.3 Å². The van der Waals surface area contributed by atoms with Crippen LogP contribution in [0.3, 0.4) is 0 Å². The maximum absolute atomic E-state index is 12.6. The predicted molar refractivity (Wildman–Crippen MR) is 77.5 cm³/mol. The highest BCUT2D eigenvalue weighted by Crippen LogP contribution is 2.33. The van der Waals surface area contributed by atoms with Gasteiger partial charge in [-0.25, -0.2) is 4.79 Å². The van der Waals surface area contributed by atoms with E-state index in [1.165, 1.54) is 0 Å². The lowest BCUT2D eigenvalue weighted by molar-refractivity contribution is -0.132. The van der Waals surface area contributed by atoms with Crippen molar-refractivity contribution < 1.29 is 14.4 Å². The Bertz CT molecular complexity index is 588. The number of hydrogen-bond acceptors (Lipinski definition) is 3. The van der Waals surface area contributed by atoms with E-state index in [-0.39, 0.29) is 18.9 Å². The van der Waals surface area contributed by atoms with Crippen LogP contribution in [0, 0.1) is 0 Å². The predicted octanol–water partition coefficient (Wildman–Crippen LogP) is 1.37. The molecule has 0 bridgehead atoms. The summed E-state index contributed by atoms with van der Waals surface area (Å²) < 4.78 is 0. The molecule has 21 heavy (non-hydrogen) atoms. The third kappa shape index (κ3) is 2.71. The summed E-state index contributed by atoms with van der Waals surface area (Å²) in [5.41, 5.74) is 4.62. The van der Waals surface area contributed by atoms with Crippen molar-refractivity contribution in [3.05, 3.63) is 34.9 Å². The summed E-state index contributed by atoms with van der Waals surface area (Å²) in [6.07, 6.45) is 0.339. The van der Waals surface area contributed by atoms with Crippen molar-refractivity contribution in [2.24, 2.45) is 5.73 Å². The van der Waals surface area contributed by atoms with E-state index in [9.17, 15) is 14.4 Å². The normalized spacial score (nSPS) is 21.5. The highest BCUT2D eigenvalue weighted by Gasteiger charge is 2.50. The van der Waals surface area contributed by atoms with Crippen LogP contribution < -0.4 is 11.1 Å². The first kappa shape index (κ1) is 15.3. The monoisotopic (exact) mass is 309 g/mol. The molecule has 0 aromatic heterocycles. The summed E-state index contributed by atoms with van der Waals surface area (Å²) in [6, 6.07) is 6.24. The Hall–Kier alpha value is -2.08. The lowest BCUT2D eigenvalue weighted by Gasteiger charge is -2.25. The molecule has 0 spiro atoms. The molecular weight excluding hydrogens is 294 g/mol. The number of hydrogen-bond donors (Lipinski definition) is 2. The third-order valence-electron chi connectivity index (χ3n) is 3.62. The lowest BCUT2D eigenvalue weighted by Crippen LogP contribution is -2.43. The molecule has 1 saturated heterocycles. The molecule has 0 radical (unpaired) electrons. The fourth-order valence-corrected chi connectivity index (χ4v) is 2.55.